The van der Waals surface area contributed by atoms with E-state index < -0.39 is 0 Å². The minimum atomic E-state index is 0.239. The lowest BCUT2D eigenvalue weighted by Crippen LogP contribution is -2.42. The van der Waals surface area contributed by atoms with Crippen LogP contribution in [-0.4, -0.2) is 45.3 Å². The number of nitrogens with zero attached hydrogens (tertiary/aromatic N) is 4. The summed E-state index contributed by atoms with van der Waals surface area (Å²) >= 11 is 5.88. The van der Waals surface area contributed by atoms with Gasteiger partial charge in [-0.2, -0.15) is 10.0 Å². The summed E-state index contributed by atoms with van der Waals surface area (Å²) in [6.45, 7) is 4.25. The van der Waals surface area contributed by atoms with Crippen LogP contribution in [0.15, 0.2) is 6.33 Å². The van der Waals surface area contributed by atoms with Gasteiger partial charge in [0.05, 0.1) is 6.10 Å². The van der Waals surface area contributed by atoms with Gasteiger partial charge in [0.2, 0.25) is 11.2 Å². The summed E-state index contributed by atoms with van der Waals surface area (Å²) in [4.78, 5) is 18.4. The molecule has 0 radical (unpaired) electrons. The third-order valence-corrected chi connectivity index (χ3v) is 5.56. The van der Waals surface area contributed by atoms with Gasteiger partial charge >= 0.3 is 0 Å². The third kappa shape index (κ3) is 5.76. The van der Waals surface area contributed by atoms with Crippen molar-refractivity contribution < 1.29 is 4.84 Å². The molecule has 0 aromatic carbocycles. The Labute approximate surface area is 155 Å². The molecule has 1 unspecified atom stereocenters. The van der Waals surface area contributed by atoms with E-state index in [1.165, 1.54) is 38.4 Å². The van der Waals surface area contributed by atoms with Gasteiger partial charge < -0.3 is 5.32 Å². The summed E-state index contributed by atoms with van der Waals surface area (Å²) in [7, 11) is 0. The van der Waals surface area contributed by atoms with Crippen LogP contribution in [-0.2, 0) is 4.84 Å². The normalized spacial score (nSPS) is 22.0. The summed E-state index contributed by atoms with van der Waals surface area (Å²) in [6, 6.07) is 0.375. The Morgan fingerprint density at radius 2 is 1.96 bits per heavy atom. The minimum absolute atomic E-state index is 0.239. The Morgan fingerprint density at radius 1 is 1.20 bits per heavy atom. The van der Waals surface area contributed by atoms with Gasteiger partial charge in [-0.3, -0.25) is 4.84 Å². The first-order valence-electron chi connectivity index (χ1n) is 9.77. The molecule has 140 valence electrons. The molecule has 2 aliphatic rings. The zero-order valence-corrected chi connectivity index (χ0v) is 15.9. The van der Waals surface area contributed by atoms with Crippen molar-refractivity contribution in [1.82, 2.24) is 20.0 Å². The van der Waals surface area contributed by atoms with E-state index in [0.29, 0.717) is 24.0 Å². The summed E-state index contributed by atoms with van der Waals surface area (Å²) in [6.07, 6.45) is 12.9. The fraction of sp³-hybridized carbons (Fsp3) is 0.833. The molecule has 1 aliphatic carbocycles. The molecule has 25 heavy (non-hydrogen) atoms. The molecule has 0 bridgehead atoms. The first-order chi connectivity index (χ1) is 12.2. The van der Waals surface area contributed by atoms with E-state index in [1.54, 1.807) is 0 Å². The number of halogens is 1. The number of anilines is 1. The van der Waals surface area contributed by atoms with Crippen LogP contribution in [0.3, 0.4) is 0 Å². The van der Waals surface area contributed by atoms with Crippen LogP contribution in [0.4, 0.5) is 5.95 Å². The lowest BCUT2D eigenvalue weighted by molar-refractivity contribution is -0.216. The van der Waals surface area contributed by atoms with Crippen LogP contribution in [0.25, 0.3) is 0 Å². The van der Waals surface area contributed by atoms with Crippen LogP contribution in [0.1, 0.15) is 64.7 Å². The molecule has 2 heterocycles. The molecule has 0 amide bonds. The highest BCUT2D eigenvalue weighted by Gasteiger charge is 2.28. The second kappa shape index (κ2) is 9.64. The predicted molar refractivity (Wildman–Crippen MR) is 99.4 cm³/mol. The lowest BCUT2D eigenvalue weighted by Gasteiger charge is -2.37. The molecule has 2 fully saturated rings. The SMILES string of the molecule is CCCC(Nc1ncnc(Cl)n1)C1CCN(OC2CCCCC2)CC1. The molecule has 1 aromatic heterocycles. The van der Waals surface area contributed by atoms with E-state index in [9.17, 15) is 0 Å². The Kier molecular flexibility index (Phi) is 7.25. The number of hydrogen-bond donors (Lipinski definition) is 1. The number of nitrogens with one attached hydrogen (secondary N) is 1. The van der Waals surface area contributed by atoms with Crippen LogP contribution in [0.5, 0.6) is 0 Å². The zero-order valence-electron chi connectivity index (χ0n) is 15.2. The largest absolute Gasteiger partial charge is 0.351 e. The van der Waals surface area contributed by atoms with Gasteiger partial charge in [0.1, 0.15) is 6.33 Å². The van der Waals surface area contributed by atoms with Crippen molar-refractivity contribution in [3.8, 4) is 0 Å². The monoisotopic (exact) mass is 367 g/mol. The van der Waals surface area contributed by atoms with Crippen LogP contribution in [0, 0.1) is 5.92 Å². The van der Waals surface area contributed by atoms with Crippen molar-refractivity contribution in [2.75, 3.05) is 18.4 Å². The molecule has 1 aromatic rings. The first kappa shape index (κ1) is 18.8. The average molecular weight is 368 g/mol. The highest BCUT2D eigenvalue weighted by Crippen LogP contribution is 2.28. The minimum Gasteiger partial charge on any atom is -0.351 e. The maximum atomic E-state index is 6.22. The Balaban J connectivity index is 1.49. The average Bonchev–Trinajstić information content (AvgIpc) is 2.63. The molecule has 3 rings (SSSR count). The van der Waals surface area contributed by atoms with Crippen molar-refractivity contribution in [3.05, 3.63) is 11.6 Å². The molecule has 7 heteroatoms. The molecule has 1 N–H and O–H groups in total. The van der Waals surface area contributed by atoms with Crippen LogP contribution < -0.4 is 5.32 Å². The number of hydrogen-bond acceptors (Lipinski definition) is 6. The van der Waals surface area contributed by atoms with Crippen molar-refractivity contribution in [2.45, 2.75) is 76.9 Å². The van der Waals surface area contributed by atoms with Gasteiger partial charge in [0, 0.05) is 19.1 Å². The first-order valence-corrected chi connectivity index (χ1v) is 10.1. The number of piperidine rings is 1. The third-order valence-electron chi connectivity index (χ3n) is 5.37. The number of hydroxylamine groups is 2. The van der Waals surface area contributed by atoms with Gasteiger partial charge in [-0.15, -0.1) is 0 Å². The standard InChI is InChI=1S/C18H30ClN5O/c1-2-6-16(22-18-21-13-20-17(19)23-18)14-9-11-24(12-10-14)25-15-7-4-3-5-8-15/h13-16H,2-12H2,1H3,(H,20,21,22,23). The molecule has 6 nitrogen and oxygen atoms in total. The summed E-state index contributed by atoms with van der Waals surface area (Å²) in [5, 5.41) is 5.92. The van der Waals surface area contributed by atoms with Gasteiger partial charge in [-0.1, -0.05) is 32.6 Å². The van der Waals surface area contributed by atoms with Crippen molar-refractivity contribution >= 4 is 17.5 Å². The molecule has 0 spiro atoms. The van der Waals surface area contributed by atoms with Gasteiger partial charge in [0.25, 0.3) is 0 Å². The van der Waals surface area contributed by atoms with Crippen molar-refractivity contribution in [3.63, 3.8) is 0 Å². The summed E-state index contributed by atoms with van der Waals surface area (Å²) in [5.74, 6) is 1.20. The highest BCUT2D eigenvalue weighted by molar-refractivity contribution is 6.28. The lowest BCUT2D eigenvalue weighted by atomic mass is 9.87. The van der Waals surface area contributed by atoms with Gasteiger partial charge in [0.15, 0.2) is 0 Å². The second-order valence-corrected chi connectivity index (χ2v) is 7.59. The summed E-state index contributed by atoms with van der Waals surface area (Å²) in [5.41, 5.74) is 0. The van der Waals surface area contributed by atoms with Crippen LogP contribution >= 0.6 is 11.6 Å². The maximum absolute atomic E-state index is 6.22. The maximum Gasteiger partial charge on any atom is 0.227 e. The van der Waals surface area contributed by atoms with E-state index >= 15 is 0 Å². The van der Waals surface area contributed by atoms with E-state index in [-0.39, 0.29) is 5.28 Å². The smallest absolute Gasteiger partial charge is 0.227 e. The Morgan fingerprint density at radius 3 is 2.64 bits per heavy atom. The number of rotatable bonds is 7. The van der Waals surface area contributed by atoms with E-state index in [4.69, 9.17) is 16.4 Å². The fourth-order valence-electron chi connectivity index (χ4n) is 4.01. The topological polar surface area (TPSA) is 63.2 Å². The molecule has 1 aliphatic heterocycles. The molecule has 1 atom stereocenters. The van der Waals surface area contributed by atoms with E-state index in [2.05, 4.69) is 32.3 Å². The molecule has 1 saturated heterocycles. The molecule has 1 saturated carbocycles. The van der Waals surface area contributed by atoms with Crippen LogP contribution in [0.2, 0.25) is 5.28 Å². The molecular formula is C18H30ClN5O. The quantitative estimate of drug-likeness (QED) is 0.783. The fourth-order valence-corrected chi connectivity index (χ4v) is 4.14. The Hall–Kier alpha value is -0.980. The van der Waals surface area contributed by atoms with E-state index in [1.807, 2.05) is 0 Å². The van der Waals surface area contributed by atoms with Crippen molar-refractivity contribution in [2.24, 2.45) is 5.92 Å². The number of aromatic nitrogens is 3. The molecular weight excluding hydrogens is 338 g/mol. The van der Waals surface area contributed by atoms with Gasteiger partial charge in [-0.25, -0.2) is 9.97 Å². The van der Waals surface area contributed by atoms with E-state index in [0.717, 1.165) is 38.8 Å². The highest BCUT2D eigenvalue weighted by atomic mass is 35.5. The van der Waals surface area contributed by atoms with Gasteiger partial charge in [-0.05, 0) is 49.6 Å². The predicted octanol–water partition coefficient (Wildman–Crippen LogP) is 4.08. The Bertz CT molecular complexity index is 518. The summed E-state index contributed by atoms with van der Waals surface area (Å²) < 4.78 is 0. The second-order valence-electron chi connectivity index (χ2n) is 7.25. The van der Waals surface area contributed by atoms with Crippen molar-refractivity contribution in [1.29, 1.82) is 0 Å². The zero-order chi connectivity index (χ0) is 17.5.